The van der Waals surface area contributed by atoms with Crippen LogP contribution in [0.4, 0.5) is 0 Å². The molecule has 4 nitrogen and oxygen atoms in total. The molecule has 0 aromatic carbocycles. The highest BCUT2D eigenvalue weighted by atomic mass is 16.5. The van der Waals surface area contributed by atoms with E-state index in [0.29, 0.717) is 13.0 Å². The molecule has 0 aliphatic heterocycles. The summed E-state index contributed by atoms with van der Waals surface area (Å²) in [6, 6.07) is 0. The van der Waals surface area contributed by atoms with Crippen molar-refractivity contribution in [2.45, 2.75) is 32.4 Å². The molecule has 0 rings (SSSR count). The third kappa shape index (κ3) is 4.31. The minimum Gasteiger partial charge on any atom is -0.355 e. The Balaban J connectivity index is 3.70. The summed E-state index contributed by atoms with van der Waals surface area (Å²) in [6.45, 7) is 4.76. The summed E-state index contributed by atoms with van der Waals surface area (Å²) in [5.41, 5.74) is 4.73. The van der Waals surface area contributed by atoms with E-state index in [4.69, 9.17) is 10.5 Å². The molecular weight excluding hydrogens is 156 g/mol. The van der Waals surface area contributed by atoms with Crippen molar-refractivity contribution in [1.29, 1.82) is 0 Å². The van der Waals surface area contributed by atoms with Crippen molar-refractivity contribution < 1.29 is 9.53 Å². The fraction of sp³-hybridized carbons (Fsp3) is 0.875. The molecule has 1 amide bonds. The number of carbonyl (C=O) groups excluding carboxylic acids is 1. The van der Waals surface area contributed by atoms with Crippen molar-refractivity contribution in [2.75, 3.05) is 13.2 Å². The lowest BCUT2D eigenvalue weighted by Gasteiger charge is -2.27. The fourth-order valence-electron chi connectivity index (χ4n) is 0.726. The minimum absolute atomic E-state index is 0.287. The van der Waals surface area contributed by atoms with Crippen LogP contribution in [0.15, 0.2) is 0 Å². The molecule has 1 atom stereocenters. The number of nitrogens with two attached hydrogens (primary N) is 1. The molecule has 0 radical (unpaired) electrons. The van der Waals surface area contributed by atoms with Gasteiger partial charge in [0.05, 0.1) is 0 Å². The number of ether oxygens (including phenoxy) is 1. The Morgan fingerprint density at radius 1 is 1.67 bits per heavy atom. The Bertz CT molecular complexity index is 130. The monoisotopic (exact) mass is 174 g/mol. The van der Waals surface area contributed by atoms with E-state index < -0.39 is 5.72 Å². The zero-order valence-electron chi connectivity index (χ0n) is 7.80. The topological polar surface area (TPSA) is 64.3 Å². The maximum absolute atomic E-state index is 10.2. The van der Waals surface area contributed by atoms with Crippen LogP contribution in [0.25, 0.3) is 0 Å². The van der Waals surface area contributed by atoms with Crippen molar-refractivity contribution in [1.82, 2.24) is 5.32 Å². The smallest absolute Gasteiger partial charge is 0.209 e. The molecule has 4 heteroatoms. The average molecular weight is 174 g/mol. The van der Waals surface area contributed by atoms with Gasteiger partial charge < -0.3 is 15.8 Å². The molecule has 0 aromatic heterocycles. The van der Waals surface area contributed by atoms with E-state index in [1.807, 2.05) is 0 Å². The molecule has 12 heavy (non-hydrogen) atoms. The van der Waals surface area contributed by atoms with Crippen LogP contribution in [0, 0.1) is 0 Å². The lowest BCUT2D eigenvalue weighted by molar-refractivity contribution is -0.119. The molecule has 0 bridgehead atoms. The van der Waals surface area contributed by atoms with Crippen LogP contribution in [-0.2, 0) is 9.53 Å². The van der Waals surface area contributed by atoms with E-state index in [9.17, 15) is 4.79 Å². The largest absolute Gasteiger partial charge is 0.355 e. The highest BCUT2D eigenvalue weighted by Crippen LogP contribution is 2.03. The van der Waals surface area contributed by atoms with E-state index in [0.717, 1.165) is 12.8 Å². The first kappa shape index (κ1) is 11.4. The van der Waals surface area contributed by atoms with Crippen molar-refractivity contribution in [3.05, 3.63) is 0 Å². The highest BCUT2D eigenvalue weighted by Gasteiger charge is 2.20. The van der Waals surface area contributed by atoms with Gasteiger partial charge in [0.25, 0.3) is 0 Å². The lowest BCUT2D eigenvalue weighted by Crippen LogP contribution is -2.50. The van der Waals surface area contributed by atoms with Gasteiger partial charge in [-0.1, -0.05) is 13.3 Å². The Kier molecular flexibility index (Phi) is 5.66. The van der Waals surface area contributed by atoms with Gasteiger partial charge in [-0.15, -0.1) is 0 Å². The number of carbonyl (C=O) groups is 1. The number of amides is 1. The van der Waals surface area contributed by atoms with Gasteiger partial charge in [0.2, 0.25) is 6.41 Å². The molecule has 0 fully saturated rings. The molecule has 0 aliphatic rings. The second kappa shape index (κ2) is 5.97. The average Bonchev–Trinajstić information content (AvgIpc) is 2.06. The molecule has 3 N–H and O–H groups in total. The van der Waals surface area contributed by atoms with E-state index in [1.165, 1.54) is 0 Å². The van der Waals surface area contributed by atoms with Gasteiger partial charge in [-0.25, -0.2) is 0 Å². The van der Waals surface area contributed by atoms with Crippen LogP contribution < -0.4 is 11.1 Å². The van der Waals surface area contributed by atoms with Crippen LogP contribution in [-0.4, -0.2) is 25.3 Å². The number of hydrogen-bond acceptors (Lipinski definition) is 3. The SMILES string of the molecule is CCCCOC(C)(CN)NC=O. The number of nitrogens with one attached hydrogen (secondary N) is 1. The van der Waals surface area contributed by atoms with Crippen LogP contribution in [0.1, 0.15) is 26.7 Å². The van der Waals surface area contributed by atoms with Crippen LogP contribution in [0.3, 0.4) is 0 Å². The minimum atomic E-state index is -0.698. The zero-order chi connectivity index (χ0) is 9.45. The third-order valence-corrected chi connectivity index (χ3v) is 1.67. The van der Waals surface area contributed by atoms with Gasteiger partial charge in [0, 0.05) is 13.2 Å². The molecule has 0 aromatic rings. The standard InChI is InChI=1S/C8H18N2O2/c1-3-4-5-12-8(2,6-9)10-7-11/h7H,3-6,9H2,1-2H3,(H,10,11). The first-order valence-corrected chi connectivity index (χ1v) is 4.24. The second-order valence-corrected chi connectivity index (χ2v) is 2.90. The third-order valence-electron chi connectivity index (χ3n) is 1.67. The maximum Gasteiger partial charge on any atom is 0.209 e. The number of hydrogen-bond donors (Lipinski definition) is 2. The van der Waals surface area contributed by atoms with Crippen LogP contribution in [0.2, 0.25) is 0 Å². The van der Waals surface area contributed by atoms with Crippen molar-refractivity contribution in [3.8, 4) is 0 Å². The van der Waals surface area contributed by atoms with Crippen molar-refractivity contribution in [3.63, 3.8) is 0 Å². The van der Waals surface area contributed by atoms with Gasteiger partial charge >= 0.3 is 0 Å². The predicted octanol–water partition coefficient (Wildman–Crippen LogP) is 0.224. The van der Waals surface area contributed by atoms with E-state index in [2.05, 4.69) is 12.2 Å². The maximum atomic E-state index is 10.2. The summed E-state index contributed by atoms with van der Waals surface area (Å²) in [6.07, 6.45) is 2.66. The Labute approximate surface area is 73.5 Å². The number of unbranched alkanes of at least 4 members (excludes halogenated alkanes) is 1. The molecule has 0 spiro atoms. The number of rotatable bonds is 7. The summed E-state index contributed by atoms with van der Waals surface area (Å²) >= 11 is 0. The lowest BCUT2D eigenvalue weighted by atomic mass is 10.2. The molecule has 0 aliphatic carbocycles. The first-order valence-electron chi connectivity index (χ1n) is 4.24. The van der Waals surface area contributed by atoms with Crippen LogP contribution in [0.5, 0.6) is 0 Å². The van der Waals surface area contributed by atoms with Crippen LogP contribution >= 0.6 is 0 Å². The molecule has 1 unspecified atom stereocenters. The van der Waals surface area contributed by atoms with Gasteiger partial charge in [-0.2, -0.15) is 0 Å². The summed E-state index contributed by atoms with van der Waals surface area (Å²) in [5.74, 6) is 0. The predicted molar refractivity (Wildman–Crippen MR) is 47.5 cm³/mol. The Morgan fingerprint density at radius 3 is 2.75 bits per heavy atom. The summed E-state index contributed by atoms with van der Waals surface area (Å²) < 4.78 is 5.39. The molecule has 72 valence electrons. The van der Waals surface area contributed by atoms with E-state index in [1.54, 1.807) is 6.92 Å². The van der Waals surface area contributed by atoms with Crippen molar-refractivity contribution >= 4 is 6.41 Å². The summed E-state index contributed by atoms with van der Waals surface area (Å²) in [5, 5.41) is 2.54. The van der Waals surface area contributed by atoms with Gasteiger partial charge in [-0.05, 0) is 13.3 Å². The Morgan fingerprint density at radius 2 is 2.33 bits per heavy atom. The normalized spacial score (nSPS) is 15.2. The summed E-state index contributed by atoms with van der Waals surface area (Å²) in [7, 11) is 0. The molecular formula is C8H18N2O2. The van der Waals surface area contributed by atoms with Gasteiger partial charge in [0.15, 0.2) is 0 Å². The molecule has 0 heterocycles. The first-order chi connectivity index (χ1) is 5.68. The fourth-order valence-corrected chi connectivity index (χ4v) is 0.726. The highest BCUT2D eigenvalue weighted by molar-refractivity contribution is 5.47. The van der Waals surface area contributed by atoms with E-state index in [-0.39, 0.29) is 6.54 Å². The quantitative estimate of drug-likeness (QED) is 0.330. The van der Waals surface area contributed by atoms with E-state index >= 15 is 0 Å². The van der Waals surface area contributed by atoms with Gasteiger partial charge in [-0.3, -0.25) is 4.79 Å². The zero-order valence-corrected chi connectivity index (χ0v) is 7.80. The Hall–Kier alpha value is -0.610. The summed E-state index contributed by atoms with van der Waals surface area (Å²) in [4.78, 5) is 10.2. The van der Waals surface area contributed by atoms with Crippen molar-refractivity contribution in [2.24, 2.45) is 5.73 Å². The molecule has 0 saturated carbocycles. The van der Waals surface area contributed by atoms with Gasteiger partial charge in [0.1, 0.15) is 5.72 Å². The second-order valence-electron chi connectivity index (χ2n) is 2.90. The molecule has 0 saturated heterocycles.